The highest BCUT2D eigenvalue weighted by atomic mass is 32.2. The molecular formula is C14H16N4O3S2. The molecule has 0 atom stereocenters. The summed E-state index contributed by atoms with van der Waals surface area (Å²) in [7, 11) is -2.04. The van der Waals surface area contributed by atoms with E-state index in [1.54, 1.807) is 24.1 Å². The highest BCUT2D eigenvalue weighted by Gasteiger charge is 2.36. The van der Waals surface area contributed by atoms with E-state index < -0.39 is 15.4 Å². The largest absolute Gasteiger partial charge is 0.315 e. The molecular weight excluding hydrogens is 336 g/mol. The molecule has 2 heterocycles. The second kappa shape index (κ2) is 5.27. The summed E-state index contributed by atoms with van der Waals surface area (Å²) in [6.45, 7) is 3.87. The number of fused-ring (bicyclic) bond motifs is 1. The summed E-state index contributed by atoms with van der Waals surface area (Å²) >= 11 is 1.11. The van der Waals surface area contributed by atoms with Gasteiger partial charge < -0.3 is 4.90 Å². The Labute approximate surface area is 138 Å². The molecule has 3 rings (SSSR count). The molecule has 0 saturated heterocycles. The van der Waals surface area contributed by atoms with Gasteiger partial charge in [-0.25, -0.2) is 8.42 Å². The quantitative estimate of drug-likeness (QED) is 0.912. The molecule has 0 saturated carbocycles. The molecule has 1 amide bonds. The van der Waals surface area contributed by atoms with Gasteiger partial charge in [-0.1, -0.05) is 25.2 Å². The molecule has 0 unspecified atom stereocenters. The Kier molecular flexibility index (Phi) is 3.64. The highest BCUT2D eigenvalue weighted by Crippen LogP contribution is 2.40. The van der Waals surface area contributed by atoms with E-state index in [0.29, 0.717) is 6.42 Å². The zero-order chi connectivity index (χ0) is 16.8. The van der Waals surface area contributed by atoms with Crippen LogP contribution in [0.4, 0.5) is 10.8 Å². The number of aromatic nitrogens is 2. The molecule has 7 nitrogen and oxygen atoms in total. The van der Waals surface area contributed by atoms with Gasteiger partial charge in [-0.05, 0) is 23.8 Å². The van der Waals surface area contributed by atoms with Crippen molar-refractivity contribution in [1.82, 2.24) is 10.2 Å². The summed E-state index contributed by atoms with van der Waals surface area (Å²) < 4.78 is 27.4. The van der Waals surface area contributed by atoms with E-state index in [9.17, 15) is 13.2 Å². The minimum absolute atomic E-state index is 0.0186. The fourth-order valence-electron chi connectivity index (χ4n) is 2.63. The number of amides is 1. The molecule has 1 aromatic carbocycles. The van der Waals surface area contributed by atoms with Crippen LogP contribution in [-0.4, -0.2) is 31.6 Å². The lowest BCUT2D eigenvalue weighted by molar-refractivity contribution is -0.119. The first kappa shape index (κ1) is 15.9. The second-order valence-electron chi connectivity index (χ2n) is 6.04. The van der Waals surface area contributed by atoms with Gasteiger partial charge in [-0.2, -0.15) is 0 Å². The number of nitrogens with zero attached hydrogens (tertiary/aromatic N) is 3. The second-order valence-corrected chi connectivity index (χ2v) is 8.56. The van der Waals surface area contributed by atoms with Crippen LogP contribution in [0, 0.1) is 0 Å². The van der Waals surface area contributed by atoms with E-state index in [-0.39, 0.29) is 15.9 Å². The third kappa shape index (κ3) is 2.81. The van der Waals surface area contributed by atoms with Gasteiger partial charge in [0.2, 0.25) is 11.0 Å². The fourth-order valence-corrected chi connectivity index (χ4v) is 4.35. The summed E-state index contributed by atoms with van der Waals surface area (Å²) in [6, 6.07) is 4.79. The van der Waals surface area contributed by atoms with Crippen LogP contribution >= 0.6 is 11.3 Å². The molecule has 0 bridgehead atoms. The zero-order valence-electron chi connectivity index (χ0n) is 12.9. The Morgan fingerprint density at radius 1 is 1.35 bits per heavy atom. The average molecular weight is 352 g/mol. The zero-order valence-corrected chi connectivity index (χ0v) is 14.5. The van der Waals surface area contributed by atoms with Gasteiger partial charge in [0.15, 0.2) is 0 Å². The Morgan fingerprint density at radius 2 is 2.09 bits per heavy atom. The first-order valence-corrected chi connectivity index (χ1v) is 9.27. The van der Waals surface area contributed by atoms with Crippen molar-refractivity contribution in [3.63, 3.8) is 0 Å². The van der Waals surface area contributed by atoms with E-state index in [4.69, 9.17) is 0 Å². The third-order valence-electron chi connectivity index (χ3n) is 3.92. The van der Waals surface area contributed by atoms with Crippen molar-refractivity contribution in [2.24, 2.45) is 0 Å². The molecule has 0 radical (unpaired) electrons. The standard InChI is InChI=1S/C14H16N4O3S2/c1-14(2)7-12(19)18(3)11-5-4-9(6-10(11)14)23(20,21)17-13-16-15-8-22-13/h4-6,8H,7H2,1-3H3,(H,16,17). The maximum atomic E-state index is 12.5. The van der Waals surface area contributed by atoms with Gasteiger partial charge in [-0.3, -0.25) is 9.52 Å². The minimum Gasteiger partial charge on any atom is -0.315 e. The van der Waals surface area contributed by atoms with E-state index in [0.717, 1.165) is 22.6 Å². The summed E-state index contributed by atoms with van der Waals surface area (Å²) in [4.78, 5) is 13.8. The van der Waals surface area contributed by atoms with Crippen molar-refractivity contribution in [2.75, 3.05) is 16.7 Å². The number of carbonyl (C=O) groups excluding carboxylic acids is 1. The van der Waals surface area contributed by atoms with Gasteiger partial charge in [-0.15, -0.1) is 10.2 Å². The molecule has 23 heavy (non-hydrogen) atoms. The van der Waals surface area contributed by atoms with Gasteiger partial charge in [0, 0.05) is 24.6 Å². The van der Waals surface area contributed by atoms with Crippen LogP contribution in [0.5, 0.6) is 0 Å². The Morgan fingerprint density at radius 3 is 2.74 bits per heavy atom. The van der Waals surface area contributed by atoms with Crippen molar-refractivity contribution in [1.29, 1.82) is 0 Å². The lowest BCUT2D eigenvalue weighted by Gasteiger charge is -2.37. The fraction of sp³-hybridized carbons (Fsp3) is 0.357. The van der Waals surface area contributed by atoms with Crippen molar-refractivity contribution in [3.8, 4) is 0 Å². The monoisotopic (exact) mass is 352 g/mol. The SMILES string of the molecule is CN1C(=O)CC(C)(C)c2cc(S(=O)(=O)Nc3nncs3)ccc21. The van der Waals surface area contributed by atoms with Crippen LogP contribution in [0.2, 0.25) is 0 Å². The molecule has 122 valence electrons. The lowest BCUT2D eigenvalue weighted by Crippen LogP contribution is -2.39. The number of sulfonamides is 1. The smallest absolute Gasteiger partial charge is 0.263 e. The molecule has 0 fully saturated rings. The lowest BCUT2D eigenvalue weighted by atomic mass is 9.77. The van der Waals surface area contributed by atoms with Crippen molar-refractivity contribution < 1.29 is 13.2 Å². The maximum Gasteiger partial charge on any atom is 0.263 e. The van der Waals surface area contributed by atoms with Gasteiger partial charge in [0.25, 0.3) is 10.0 Å². The third-order valence-corrected chi connectivity index (χ3v) is 5.99. The molecule has 0 aliphatic carbocycles. The average Bonchev–Trinajstić information content (AvgIpc) is 2.96. The number of nitrogens with one attached hydrogen (secondary N) is 1. The summed E-state index contributed by atoms with van der Waals surface area (Å²) in [5.74, 6) is 0.0186. The van der Waals surface area contributed by atoms with Crippen molar-refractivity contribution in [2.45, 2.75) is 30.6 Å². The van der Waals surface area contributed by atoms with Crippen LogP contribution in [0.15, 0.2) is 28.6 Å². The van der Waals surface area contributed by atoms with Crippen LogP contribution < -0.4 is 9.62 Å². The van der Waals surface area contributed by atoms with Crippen molar-refractivity contribution in [3.05, 3.63) is 29.3 Å². The van der Waals surface area contributed by atoms with E-state index >= 15 is 0 Å². The van der Waals surface area contributed by atoms with Gasteiger partial charge in [0.05, 0.1) is 4.90 Å². The number of carbonyl (C=O) groups is 1. The molecule has 1 aliphatic rings. The molecule has 1 N–H and O–H groups in total. The first-order chi connectivity index (χ1) is 10.7. The number of hydrogen-bond acceptors (Lipinski definition) is 6. The van der Waals surface area contributed by atoms with Crippen LogP contribution in [-0.2, 0) is 20.2 Å². The maximum absolute atomic E-state index is 12.5. The van der Waals surface area contributed by atoms with E-state index in [1.807, 2.05) is 13.8 Å². The molecule has 0 spiro atoms. The Balaban J connectivity index is 2.05. The number of rotatable bonds is 3. The predicted molar refractivity (Wildman–Crippen MR) is 88.2 cm³/mol. The predicted octanol–water partition coefficient (Wildman–Crippen LogP) is 1.98. The summed E-state index contributed by atoms with van der Waals surface area (Å²) in [5, 5.41) is 7.52. The molecule has 2 aromatic rings. The Bertz CT molecular complexity index is 860. The van der Waals surface area contributed by atoms with E-state index in [2.05, 4.69) is 14.9 Å². The number of hydrogen-bond donors (Lipinski definition) is 1. The topological polar surface area (TPSA) is 92.3 Å². The molecule has 1 aromatic heterocycles. The normalized spacial score (nSPS) is 17.0. The van der Waals surface area contributed by atoms with Crippen LogP contribution in [0.25, 0.3) is 0 Å². The number of anilines is 2. The number of benzene rings is 1. The minimum atomic E-state index is -3.74. The first-order valence-electron chi connectivity index (χ1n) is 6.91. The Hall–Kier alpha value is -2.00. The van der Waals surface area contributed by atoms with Gasteiger partial charge >= 0.3 is 0 Å². The molecule has 9 heteroatoms. The molecule has 1 aliphatic heterocycles. The summed E-state index contributed by atoms with van der Waals surface area (Å²) in [5.41, 5.74) is 2.60. The van der Waals surface area contributed by atoms with Crippen LogP contribution in [0.1, 0.15) is 25.8 Å². The van der Waals surface area contributed by atoms with Gasteiger partial charge in [0.1, 0.15) is 5.51 Å². The highest BCUT2D eigenvalue weighted by molar-refractivity contribution is 7.93. The van der Waals surface area contributed by atoms with E-state index in [1.165, 1.54) is 11.6 Å². The van der Waals surface area contributed by atoms with Crippen molar-refractivity contribution >= 4 is 38.1 Å². The van der Waals surface area contributed by atoms with Crippen LogP contribution in [0.3, 0.4) is 0 Å². The summed E-state index contributed by atoms with van der Waals surface area (Å²) in [6.07, 6.45) is 0.337.